The second-order valence-electron chi connectivity index (χ2n) is 6.29. The van der Waals surface area contributed by atoms with Crippen molar-refractivity contribution in [2.24, 2.45) is 0 Å². The highest BCUT2D eigenvalue weighted by molar-refractivity contribution is 6.02. The van der Waals surface area contributed by atoms with Crippen molar-refractivity contribution >= 4 is 11.7 Å². The predicted octanol–water partition coefficient (Wildman–Crippen LogP) is 4.81. The largest absolute Gasteiger partial charge is 0.478 e. The monoisotopic (exact) mass is 385 g/mol. The van der Waals surface area contributed by atoms with Gasteiger partial charge in [-0.15, -0.1) is 0 Å². The van der Waals surface area contributed by atoms with Gasteiger partial charge in [-0.2, -0.15) is 5.10 Å². The van der Waals surface area contributed by atoms with Gasteiger partial charge in [0.2, 0.25) is 0 Å². The van der Waals surface area contributed by atoms with Crippen molar-refractivity contribution in [2.75, 3.05) is 0 Å². The van der Waals surface area contributed by atoms with Crippen LogP contribution in [0.15, 0.2) is 84.9 Å². The van der Waals surface area contributed by atoms with Crippen molar-refractivity contribution in [2.45, 2.75) is 0 Å². The van der Waals surface area contributed by atoms with E-state index >= 15 is 0 Å². The Morgan fingerprint density at radius 2 is 1.45 bits per heavy atom. The Kier molecular flexibility index (Phi) is 4.62. The fraction of sp³-hybridized carbons (Fsp3) is 0. The normalized spacial score (nSPS) is 10.6. The maximum absolute atomic E-state index is 12.2. The molecule has 0 saturated carbocycles. The molecule has 1 aromatic heterocycles. The standard InChI is InChI=1S/C22H15N3O4/c26-22(27)19-20(15-11-13-18(14-12-15)25(28)29)23-24(17-9-5-2-6-10-17)21(19)16-7-3-1-4-8-16/h1-14H,(H,26,27). The van der Waals surface area contributed by atoms with Crippen LogP contribution in [0.1, 0.15) is 10.4 Å². The van der Waals surface area contributed by atoms with E-state index < -0.39 is 10.9 Å². The van der Waals surface area contributed by atoms with Gasteiger partial charge in [-0.05, 0) is 24.3 Å². The number of aromatic carboxylic acids is 1. The lowest BCUT2D eigenvalue weighted by Crippen LogP contribution is -2.03. The molecule has 7 nitrogen and oxygen atoms in total. The summed E-state index contributed by atoms with van der Waals surface area (Å²) in [5.74, 6) is -1.13. The van der Waals surface area contributed by atoms with Gasteiger partial charge in [0.25, 0.3) is 5.69 Å². The zero-order valence-corrected chi connectivity index (χ0v) is 15.1. The zero-order valence-electron chi connectivity index (χ0n) is 15.1. The van der Waals surface area contributed by atoms with Crippen LogP contribution in [0.5, 0.6) is 0 Å². The highest BCUT2D eigenvalue weighted by Gasteiger charge is 2.26. The summed E-state index contributed by atoms with van der Waals surface area (Å²) in [5, 5.41) is 25.5. The lowest BCUT2D eigenvalue weighted by Gasteiger charge is -2.08. The van der Waals surface area contributed by atoms with Crippen LogP contribution in [-0.4, -0.2) is 25.8 Å². The van der Waals surface area contributed by atoms with Gasteiger partial charge in [-0.25, -0.2) is 9.48 Å². The Morgan fingerprint density at radius 3 is 2.00 bits per heavy atom. The van der Waals surface area contributed by atoms with Crippen LogP contribution >= 0.6 is 0 Å². The third-order valence-corrected chi connectivity index (χ3v) is 4.50. The van der Waals surface area contributed by atoms with E-state index in [1.165, 1.54) is 24.3 Å². The summed E-state index contributed by atoms with van der Waals surface area (Å²) in [5.41, 5.74) is 2.55. The lowest BCUT2D eigenvalue weighted by molar-refractivity contribution is -0.384. The van der Waals surface area contributed by atoms with E-state index in [4.69, 9.17) is 0 Å². The number of hydrogen-bond donors (Lipinski definition) is 1. The number of carbonyl (C=O) groups is 1. The van der Waals surface area contributed by atoms with Crippen molar-refractivity contribution in [3.63, 3.8) is 0 Å². The third kappa shape index (κ3) is 3.37. The molecule has 1 N–H and O–H groups in total. The molecular formula is C22H15N3O4. The minimum absolute atomic E-state index is 0.0360. The lowest BCUT2D eigenvalue weighted by atomic mass is 10.0. The highest BCUT2D eigenvalue weighted by atomic mass is 16.6. The van der Waals surface area contributed by atoms with E-state index in [0.717, 1.165) is 0 Å². The van der Waals surface area contributed by atoms with Gasteiger partial charge in [0, 0.05) is 23.3 Å². The molecule has 142 valence electrons. The number of nitro groups is 1. The van der Waals surface area contributed by atoms with Gasteiger partial charge >= 0.3 is 5.97 Å². The van der Waals surface area contributed by atoms with Gasteiger partial charge in [0.1, 0.15) is 11.3 Å². The molecule has 0 fully saturated rings. The minimum atomic E-state index is -1.13. The maximum atomic E-state index is 12.2. The summed E-state index contributed by atoms with van der Waals surface area (Å²) in [4.78, 5) is 22.7. The Labute approximate surface area is 165 Å². The van der Waals surface area contributed by atoms with Crippen molar-refractivity contribution in [1.29, 1.82) is 0 Å². The molecule has 0 amide bonds. The Bertz CT molecular complexity index is 1180. The molecule has 7 heteroatoms. The molecule has 0 radical (unpaired) electrons. The summed E-state index contributed by atoms with van der Waals surface area (Å²) in [6.07, 6.45) is 0. The molecule has 0 bridgehead atoms. The van der Waals surface area contributed by atoms with Gasteiger partial charge in [-0.1, -0.05) is 48.5 Å². The molecule has 0 saturated heterocycles. The first-order valence-corrected chi connectivity index (χ1v) is 8.78. The molecule has 0 spiro atoms. The molecular weight excluding hydrogens is 370 g/mol. The summed E-state index contributed by atoms with van der Waals surface area (Å²) in [7, 11) is 0. The zero-order chi connectivity index (χ0) is 20.4. The topological polar surface area (TPSA) is 98.3 Å². The first-order chi connectivity index (χ1) is 14.1. The first kappa shape index (κ1) is 18.1. The first-order valence-electron chi connectivity index (χ1n) is 8.78. The van der Waals surface area contributed by atoms with Crippen LogP contribution < -0.4 is 0 Å². The number of benzene rings is 3. The number of carboxylic acid groups (broad SMARTS) is 1. The van der Waals surface area contributed by atoms with Gasteiger partial charge in [0.15, 0.2) is 0 Å². The van der Waals surface area contributed by atoms with Crippen LogP contribution in [-0.2, 0) is 0 Å². The van der Waals surface area contributed by atoms with E-state index in [2.05, 4.69) is 5.10 Å². The van der Waals surface area contributed by atoms with Crippen LogP contribution in [0.2, 0.25) is 0 Å². The Balaban J connectivity index is 2.01. The molecule has 0 aliphatic rings. The average Bonchev–Trinajstić information content (AvgIpc) is 3.16. The van der Waals surface area contributed by atoms with E-state index in [1.807, 2.05) is 60.7 Å². The quantitative estimate of drug-likeness (QED) is 0.392. The minimum Gasteiger partial charge on any atom is -0.478 e. The Morgan fingerprint density at radius 1 is 0.862 bits per heavy atom. The Hall–Kier alpha value is -4.26. The number of non-ortho nitro benzene ring substituents is 1. The van der Waals surface area contributed by atoms with Crippen LogP contribution in [0.25, 0.3) is 28.2 Å². The van der Waals surface area contributed by atoms with Gasteiger partial charge in [-0.3, -0.25) is 10.1 Å². The van der Waals surface area contributed by atoms with Crippen molar-refractivity contribution in [1.82, 2.24) is 9.78 Å². The van der Waals surface area contributed by atoms with E-state index in [-0.39, 0.29) is 16.9 Å². The average molecular weight is 385 g/mol. The third-order valence-electron chi connectivity index (χ3n) is 4.50. The van der Waals surface area contributed by atoms with Crippen LogP contribution in [0.4, 0.5) is 5.69 Å². The molecule has 0 unspecified atom stereocenters. The summed E-state index contributed by atoms with van der Waals surface area (Å²) in [6.45, 7) is 0. The van der Waals surface area contributed by atoms with Crippen molar-refractivity contribution in [3.05, 3.63) is 101 Å². The predicted molar refractivity (Wildman–Crippen MR) is 108 cm³/mol. The van der Waals surface area contributed by atoms with Gasteiger partial charge < -0.3 is 5.11 Å². The summed E-state index contributed by atoms with van der Waals surface area (Å²) >= 11 is 0. The molecule has 1 heterocycles. The smallest absolute Gasteiger partial charge is 0.340 e. The van der Waals surface area contributed by atoms with E-state index in [9.17, 15) is 20.0 Å². The number of nitro benzene ring substituents is 1. The fourth-order valence-corrected chi connectivity index (χ4v) is 3.18. The number of hydrogen-bond acceptors (Lipinski definition) is 4. The molecule has 4 rings (SSSR count). The number of aromatic nitrogens is 2. The number of para-hydroxylation sites is 1. The van der Waals surface area contributed by atoms with Crippen molar-refractivity contribution < 1.29 is 14.8 Å². The SMILES string of the molecule is O=C(O)c1c(-c2ccc([N+](=O)[O-])cc2)nn(-c2ccccc2)c1-c1ccccc1. The number of nitrogens with zero attached hydrogens (tertiary/aromatic N) is 3. The second-order valence-corrected chi connectivity index (χ2v) is 6.29. The van der Waals surface area contributed by atoms with E-state index in [0.29, 0.717) is 22.5 Å². The van der Waals surface area contributed by atoms with Crippen molar-refractivity contribution in [3.8, 4) is 28.2 Å². The molecule has 3 aromatic carbocycles. The maximum Gasteiger partial charge on any atom is 0.340 e. The molecule has 29 heavy (non-hydrogen) atoms. The highest BCUT2D eigenvalue weighted by Crippen LogP contribution is 2.34. The molecule has 0 aliphatic carbocycles. The number of rotatable bonds is 5. The summed E-state index contributed by atoms with van der Waals surface area (Å²) < 4.78 is 1.59. The molecule has 0 aliphatic heterocycles. The molecule has 0 atom stereocenters. The van der Waals surface area contributed by atoms with E-state index in [1.54, 1.807) is 4.68 Å². The fourth-order valence-electron chi connectivity index (χ4n) is 3.18. The van der Waals surface area contributed by atoms with Gasteiger partial charge in [0.05, 0.1) is 16.3 Å². The second kappa shape index (κ2) is 7.40. The number of carboxylic acids is 1. The molecule has 4 aromatic rings. The van der Waals surface area contributed by atoms with Crippen LogP contribution in [0, 0.1) is 10.1 Å². The van der Waals surface area contributed by atoms with Crippen LogP contribution in [0.3, 0.4) is 0 Å². The summed E-state index contributed by atoms with van der Waals surface area (Å²) in [6, 6.07) is 24.1.